The van der Waals surface area contributed by atoms with Crippen molar-refractivity contribution in [2.24, 2.45) is 5.73 Å². The monoisotopic (exact) mass is 507 g/mol. The fourth-order valence-corrected chi connectivity index (χ4v) is 4.81. The van der Waals surface area contributed by atoms with Crippen molar-refractivity contribution >= 4 is 11.6 Å². The van der Waals surface area contributed by atoms with Gasteiger partial charge in [-0.1, -0.05) is 109 Å². The third-order valence-corrected chi connectivity index (χ3v) is 6.97. The van der Waals surface area contributed by atoms with Gasteiger partial charge in [-0.05, 0) is 60.7 Å². The molecule has 0 unspecified atom stereocenters. The molecule has 0 aliphatic heterocycles. The van der Waals surface area contributed by atoms with Crippen LogP contribution in [0.2, 0.25) is 0 Å². The maximum Gasteiger partial charge on any atom is 0.241 e. The standard InChI is InChI=1S/C33H37N3O2/c1-25-15-19-29(20-16-25)33(27-10-4-2-5-11-27,28-12-6-3-7-13-28)35-23-9-8-14-31(34)32(38)36-30-21-17-26(24-37)18-22-30/h2-7,10-13,15-22,31,35,37H,8-9,14,23-24,34H2,1H3,(H,36,38)/t31-/m0/s1. The molecule has 0 heterocycles. The zero-order chi connectivity index (χ0) is 26.8. The van der Waals surface area contributed by atoms with Crippen LogP contribution in [0.1, 0.15) is 47.1 Å². The van der Waals surface area contributed by atoms with E-state index in [1.165, 1.54) is 22.3 Å². The lowest BCUT2D eigenvalue weighted by Crippen LogP contribution is -2.45. The van der Waals surface area contributed by atoms with Crippen LogP contribution in [0.25, 0.3) is 0 Å². The Kier molecular flexibility index (Phi) is 9.44. The van der Waals surface area contributed by atoms with Gasteiger partial charge in [0.05, 0.1) is 18.2 Å². The predicted octanol–water partition coefficient (Wildman–Crippen LogP) is 5.51. The molecule has 38 heavy (non-hydrogen) atoms. The third kappa shape index (κ3) is 6.56. The minimum absolute atomic E-state index is 0.0263. The molecule has 4 aromatic carbocycles. The maximum atomic E-state index is 12.6. The smallest absolute Gasteiger partial charge is 0.241 e. The van der Waals surface area contributed by atoms with Crippen molar-refractivity contribution in [2.45, 2.75) is 44.4 Å². The molecule has 1 atom stereocenters. The molecule has 0 radical (unpaired) electrons. The lowest BCUT2D eigenvalue weighted by atomic mass is 9.76. The molecule has 0 saturated heterocycles. The van der Waals surface area contributed by atoms with Gasteiger partial charge in [0.1, 0.15) is 0 Å². The van der Waals surface area contributed by atoms with Crippen molar-refractivity contribution < 1.29 is 9.90 Å². The number of unbranched alkanes of at least 4 members (excludes halogenated alkanes) is 1. The minimum Gasteiger partial charge on any atom is -0.392 e. The first-order valence-electron chi connectivity index (χ1n) is 13.2. The fraction of sp³-hybridized carbons (Fsp3) is 0.242. The molecule has 5 N–H and O–H groups in total. The van der Waals surface area contributed by atoms with Crippen LogP contribution in [0, 0.1) is 6.92 Å². The lowest BCUT2D eigenvalue weighted by Gasteiger charge is -2.37. The zero-order valence-electron chi connectivity index (χ0n) is 21.9. The van der Waals surface area contributed by atoms with Gasteiger partial charge in [0.25, 0.3) is 0 Å². The molecule has 5 heteroatoms. The molecule has 0 spiro atoms. The van der Waals surface area contributed by atoms with Gasteiger partial charge in [0.2, 0.25) is 5.91 Å². The van der Waals surface area contributed by atoms with Crippen molar-refractivity contribution in [1.82, 2.24) is 5.32 Å². The van der Waals surface area contributed by atoms with Gasteiger partial charge < -0.3 is 16.2 Å². The molecular weight excluding hydrogens is 470 g/mol. The molecule has 0 aliphatic rings. The SMILES string of the molecule is Cc1ccc(C(NCCCC[C@H](N)C(=O)Nc2ccc(CO)cc2)(c2ccccc2)c2ccccc2)cc1. The summed E-state index contributed by atoms with van der Waals surface area (Å²) < 4.78 is 0. The zero-order valence-corrected chi connectivity index (χ0v) is 21.9. The Morgan fingerprint density at radius 2 is 1.34 bits per heavy atom. The second-order valence-electron chi connectivity index (χ2n) is 9.72. The first-order valence-corrected chi connectivity index (χ1v) is 13.2. The Labute approximate surface area is 225 Å². The van der Waals surface area contributed by atoms with Crippen LogP contribution in [0.15, 0.2) is 109 Å². The lowest BCUT2D eigenvalue weighted by molar-refractivity contribution is -0.117. The number of hydrogen-bond acceptors (Lipinski definition) is 4. The third-order valence-electron chi connectivity index (χ3n) is 6.97. The maximum absolute atomic E-state index is 12.6. The quantitative estimate of drug-likeness (QED) is 0.151. The molecule has 5 nitrogen and oxygen atoms in total. The second kappa shape index (κ2) is 13.2. The van der Waals surface area contributed by atoms with E-state index in [2.05, 4.69) is 90.4 Å². The topological polar surface area (TPSA) is 87.4 Å². The molecular formula is C33H37N3O2. The first kappa shape index (κ1) is 27.3. The highest BCUT2D eigenvalue weighted by Gasteiger charge is 2.35. The number of aliphatic hydroxyl groups excluding tert-OH is 1. The molecule has 4 rings (SSSR count). The van der Waals surface area contributed by atoms with E-state index in [4.69, 9.17) is 5.73 Å². The van der Waals surface area contributed by atoms with Gasteiger partial charge >= 0.3 is 0 Å². The Morgan fingerprint density at radius 1 is 0.789 bits per heavy atom. The molecule has 0 saturated carbocycles. The number of aliphatic hydroxyl groups is 1. The number of rotatable bonds is 12. The Bertz CT molecular complexity index is 1230. The predicted molar refractivity (Wildman–Crippen MR) is 155 cm³/mol. The summed E-state index contributed by atoms with van der Waals surface area (Å²) in [6, 6.07) is 36.4. The van der Waals surface area contributed by atoms with Crippen LogP contribution in [0.3, 0.4) is 0 Å². The minimum atomic E-state index is -0.586. The number of anilines is 1. The summed E-state index contributed by atoms with van der Waals surface area (Å²) in [5.41, 5.74) is 11.9. The van der Waals surface area contributed by atoms with Crippen LogP contribution in [-0.4, -0.2) is 23.6 Å². The van der Waals surface area contributed by atoms with E-state index < -0.39 is 11.6 Å². The highest BCUT2D eigenvalue weighted by Crippen LogP contribution is 2.37. The van der Waals surface area contributed by atoms with Crippen molar-refractivity contribution in [3.63, 3.8) is 0 Å². The van der Waals surface area contributed by atoms with Gasteiger partial charge in [0, 0.05) is 5.69 Å². The number of nitrogens with two attached hydrogens (primary N) is 1. The summed E-state index contributed by atoms with van der Waals surface area (Å²) in [6.07, 6.45) is 2.29. The summed E-state index contributed by atoms with van der Waals surface area (Å²) in [7, 11) is 0. The van der Waals surface area contributed by atoms with Crippen LogP contribution in [-0.2, 0) is 16.9 Å². The molecule has 196 valence electrons. The highest BCUT2D eigenvalue weighted by atomic mass is 16.3. The van der Waals surface area contributed by atoms with Gasteiger partial charge in [-0.15, -0.1) is 0 Å². The number of carbonyl (C=O) groups is 1. The Morgan fingerprint density at radius 3 is 1.89 bits per heavy atom. The number of hydrogen-bond donors (Lipinski definition) is 4. The summed E-state index contributed by atoms with van der Waals surface area (Å²) in [6.45, 7) is 2.84. The van der Waals surface area contributed by atoms with Crippen LogP contribution in [0.4, 0.5) is 5.69 Å². The Hall–Kier alpha value is -3.77. The molecule has 0 fully saturated rings. The average Bonchev–Trinajstić information content (AvgIpc) is 2.97. The number of carbonyl (C=O) groups excluding carboxylic acids is 1. The van der Waals surface area contributed by atoms with Crippen LogP contribution in [0.5, 0.6) is 0 Å². The molecule has 0 bridgehead atoms. The van der Waals surface area contributed by atoms with Crippen molar-refractivity contribution in [2.75, 3.05) is 11.9 Å². The van der Waals surface area contributed by atoms with E-state index in [-0.39, 0.29) is 12.5 Å². The van der Waals surface area contributed by atoms with Crippen LogP contribution >= 0.6 is 0 Å². The highest BCUT2D eigenvalue weighted by molar-refractivity contribution is 5.94. The van der Waals surface area contributed by atoms with Crippen molar-refractivity contribution in [1.29, 1.82) is 0 Å². The van der Waals surface area contributed by atoms with Crippen molar-refractivity contribution in [3.8, 4) is 0 Å². The van der Waals surface area contributed by atoms with Gasteiger partial charge in [-0.3, -0.25) is 10.1 Å². The summed E-state index contributed by atoms with van der Waals surface area (Å²) in [5, 5.41) is 15.9. The summed E-state index contributed by atoms with van der Waals surface area (Å²) in [4.78, 5) is 12.6. The van der Waals surface area contributed by atoms with E-state index in [1.54, 1.807) is 24.3 Å². The van der Waals surface area contributed by atoms with E-state index in [0.29, 0.717) is 12.1 Å². The van der Waals surface area contributed by atoms with E-state index in [0.717, 1.165) is 24.9 Å². The molecule has 1 amide bonds. The van der Waals surface area contributed by atoms with Crippen LogP contribution < -0.4 is 16.4 Å². The Balaban J connectivity index is 1.44. The number of nitrogens with one attached hydrogen (secondary N) is 2. The summed E-state index contributed by atoms with van der Waals surface area (Å²) in [5.74, 6) is -0.197. The first-order chi connectivity index (χ1) is 18.5. The van der Waals surface area contributed by atoms with E-state index >= 15 is 0 Å². The molecule has 0 aromatic heterocycles. The number of aryl methyl sites for hydroxylation is 1. The van der Waals surface area contributed by atoms with E-state index in [1.807, 2.05) is 12.1 Å². The largest absolute Gasteiger partial charge is 0.392 e. The number of amides is 1. The second-order valence-corrected chi connectivity index (χ2v) is 9.72. The van der Waals surface area contributed by atoms with Crippen molar-refractivity contribution in [3.05, 3.63) is 137 Å². The molecule has 0 aliphatic carbocycles. The van der Waals surface area contributed by atoms with Gasteiger partial charge in [0.15, 0.2) is 0 Å². The normalized spacial score (nSPS) is 12.2. The summed E-state index contributed by atoms with van der Waals surface area (Å²) >= 11 is 0. The average molecular weight is 508 g/mol. The van der Waals surface area contributed by atoms with Gasteiger partial charge in [-0.2, -0.15) is 0 Å². The number of benzene rings is 4. The van der Waals surface area contributed by atoms with Gasteiger partial charge in [-0.25, -0.2) is 0 Å². The van der Waals surface area contributed by atoms with E-state index in [9.17, 15) is 9.90 Å². The fourth-order valence-electron chi connectivity index (χ4n) is 4.81. The molecule has 4 aromatic rings.